The van der Waals surface area contributed by atoms with Gasteiger partial charge < -0.3 is 10.6 Å². The summed E-state index contributed by atoms with van der Waals surface area (Å²) in [6.07, 6.45) is 1.29. The Balaban J connectivity index is 0.00000128. The summed E-state index contributed by atoms with van der Waals surface area (Å²) in [5.74, 6) is 0. The Morgan fingerprint density at radius 1 is 1.56 bits per heavy atom. The van der Waals surface area contributed by atoms with Crippen LogP contribution in [0.3, 0.4) is 0 Å². The van der Waals surface area contributed by atoms with Crippen LogP contribution in [0.1, 0.15) is 18.2 Å². The minimum Gasteiger partial charge on any atom is -0.316 e. The van der Waals surface area contributed by atoms with Crippen molar-refractivity contribution in [1.29, 1.82) is 0 Å². The summed E-state index contributed by atoms with van der Waals surface area (Å²) in [5, 5.41) is 6.97. The molecule has 2 N–H and O–H groups in total. The topological polar surface area (TPSA) is 24.1 Å². The molecule has 1 fully saturated rings. The molecule has 1 aromatic heterocycles. The molecule has 1 atom stereocenters. The molecule has 0 saturated carbocycles. The van der Waals surface area contributed by atoms with E-state index in [9.17, 15) is 0 Å². The number of thiophene rings is 1. The van der Waals surface area contributed by atoms with Crippen LogP contribution in [0.15, 0.2) is 15.9 Å². The van der Waals surface area contributed by atoms with Gasteiger partial charge in [0.1, 0.15) is 0 Å². The summed E-state index contributed by atoms with van der Waals surface area (Å²) in [4.78, 5) is 1.40. The molecule has 16 heavy (non-hydrogen) atoms. The smallest absolute Gasteiger partial charge is 0.0701 e. The van der Waals surface area contributed by atoms with Crippen LogP contribution in [0.5, 0.6) is 0 Å². The third kappa shape index (κ3) is 4.00. The Kier molecular flexibility index (Phi) is 5.74. The molecule has 92 valence electrons. The quantitative estimate of drug-likeness (QED) is 0.889. The summed E-state index contributed by atoms with van der Waals surface area (Å²) < 4.78 is 1.22. The predicted octanol–water partition coefficient (Wildman–Crippen LogP) is 3.02. The molecule has 0 aliphatic carbocycles. The zero-order chi connectivity index (χ0) is 10.7. The molecule has 0 spiro atoms. The average Bonchev–Trinajstić information content (AvgIpc) is 2.76. The van der Waals surface area contributed by atoms with Crippen LogP contribution in [0.2, 0.25) is 0 Å². The van der Waals surface area contributed by atoms with Crippen molar-refractivity contribution in [3.63, 3.8) is 0 Å². The first-order valence-corrected chi connectivity index (χ1v) is 6.95. The van der Waals surface area contributed by atoms with Gasteiger partial charge in [0.05, 0.1) is 3.79 Å². The Morgan fingerprint density at radius 3 is 2.94 bits per heavy atom. The number of rotatable bonds is 4. The van der Waals surface area contributed by atoms with Crippen LogP contribution in [-0.4, -0.2) is 19.6 Å². The summed E-state index contributed by atoms with van der Waals surface area (Å²) in [5.41, 5.74) is 0.453. The first kappa shape index (κ1) is 14.5. The van der Waals surface area contributed by atoms with Gasteiger partial charge in [-0.2, -0.15) is 0 Å². The Hall–Kier alpha value is 0.390. The van der Waals surface area contributed by atoms with Crippen LogP contribution in [0.25, 0.3) is 0 Å². The molecule has 1 unspecified atom stereocenters. The molecule has 2 heterocycles. The lowest BCUT2D eigenvalue weighted by Gasteiger charge is -2.22. The van der Waals surface area contributed by atoms with E-state index in [0.29, 0.717) is 5.41 Å². The Bertz CT molecular complexity index is 324. The van der Waals surface area contributed by atoms with Gasteiger partial charge >= 0.3 is 0 Å². The van der Waals surface area contributed by atoms with Crippen molar-refractivity contribution in [2.24, 2.45) is 5.41 Å². The second kappa shape index (κ2) is 6.36. The van der Waals surface area contributed by atoms with Crippen LogP contribution in [-0.2, 0) is 6.54 Å². The van der Waals surface area contributed by atoms with E-state index in [1.165, 1.54) is 21.6 Å². The van der Waals surface area contributed by atoms with E-state index in [4.69, 9.17) is 0 Å². The summed E-state index contributed by atoms with van der Waals surface area (Å²) >= 11 is 5.29. The zero-order valence-electron chi connectivity index (χ0n) is 9.38. The lowest BCUT2D eigenvalue weighted by Crippen LogP contribution is -2.33. The van der Waals surface area contributed by atoms with Crippen LogP contribution >= 0.6 is 39.7 Å². The maximum absolute atomic E-state index is 3.55. The minimum atomic E-state index is 0. The second-order valence-electron chi connectivity index (χ2n) is 4.55. The first-order valence-electron chi connectivity index (χ1n) is 5.34. The molecule has 0 aromatic carbocycles. The Morgan fingerprint density at radius 2 is 2.38 bits per heavy atom. The standard InChI is InChI=1S/C11H17BrN2S.ClH/c1-11(4-5-13-7-11)8-14-6-9-2-3-10(12)15-9;/h2-3,13-14H,4-8H2,1H3;1H. The van der Waals surface area contributed by atoms with Crippen molar-refractivity contribution >= 4 is 39.7 Å². The van der Waals surface area contributed by atoms with Crippen molar-refractivity contribution in [3.05, 3.63) is 20.8 Å². The van der Waals surface area contributed by atoms with E-state index < -0.39 is 0 Å². The van der Waals surface area contributed by atoms with Gasteiger partial charge in [-0.15, -0.1) is 23.7 Å². The Labute approximate surface area is 116 Å². The summed E-state index contributed by atoms with van der Waals surface area (Å²) in [6, 6.07) is 4.29. The monoisotopic (exact) mass is 324 g/mol. The van der Waals surface area contributed by atoms with Gasteiger partial charge in [-0.05, 0) is 46.4 Å². The molecule has 2 nitrogen and oxygen atoms in total. The van der Waals surface area contributed by atoms with Gasteiger partial charge in [0.15, 0.2) is 0 Å². The molecule has 1 aliphatic heterocycles. The van der Waals surface area contributed by atoms with Gasteiger partial charge in [0, 0.05) is 24.5 Å². The van der Waals surface area contributed by atoms with E-state index >= 15 is 0 Å². The van der Waals surface area contributed by atoms with Gasteiger partial charge in [-0.1, -0.05) is 6.92 Å². The van der Waals surface area contributed by atoms with Crippen LogP contribution < -0.4 is 10.6 Å². The molecule has 2 rings (SSSR count). The van der Waals surface area contributed by atoms with E-state index in [0.717, 1.165) is 19.6 Å². The van der Waals surface area contributed by atoms with Crippen molar-refractivity contribution in [3.8, 4) is 0 Å². The predicted molar refractivity (Wildman–Crippen MR) is 76.6 cm³/mol. The largest absolute Gasteiger partial charge is 0.316 e. The third-order valence-electron chi connectivity index (χ3n) is 2.94. The first-order chi connectivity index (χ1) is 7.18. The van der Waals surface area contributed by atoms with Crippen LogP contribution in [0.4, 0.5) is 0 Å². The van der Waals surface area contributed by atoms with Crippen molar-refractivity contribution in [1.82, 2.24) is 10.6 Å². The molecule has 1 aliphatic rings. The fourth-order valence-corrected chi connectivity index (χ4v) is 3.41. The molecule has 0 bridgehead atoms. The number of halogens is 2. The molecular weight excluding hydrogens is 308 g/mol. The molecular formula is C11H18BrClN2S. The van der Waals surface area contributed by atoms with Gasteiger partial charge in [0.25, 0.3) is 0 Å². The maximum Gasteiger partial charge on any atom is 0.0701 e. The number of nitrogens with one attached hydrogen (secondary N) is 2. The zero-order valence-corrected chi connectivity index (χ0v) is 12.6. The molecule has 0 amide bonds. The molecule has 5 heteroatoms. The van der Waals surface area contributed by atoms with Crippen molar-refractivity contribution in [2.45, 2.75) is 19.9 Å². The fraction of sp³-hybridized carbons (Fsp3) is 0.636. The highest BCUT2D eigenvalue weighted by Gasteiger charge is 2.27. The van der Waals surface area contributed by atoms with E-state index in [2.05, 4.69) is 45.6 Å². The second-order valence-corrected chi connectivity index (χ2v) is 7.09. The van der Waals surface area contributed by atoms with Crippen molar-refractivity contribution in [2.75, 3.05) is 19.6 Å². The average molecular weight is 326 g/mol. The minimum absolute atomic E-state index is 0. The summed E-state index contributed by atoms with van der Waals surface area (Å²) in [6.45, 7) is 6.77. The SMILES string of the molecule is CC1(CNCc2ccc(Br)s2)CCNC1.Cl. The lowest BCUT2D eigenvalue weighted by molar-refractivity contribution is 0.340. The van der Waals surface area contributed by atoms with E-state index in [-0.39, 0.29) is 12.4 Å². The van der Waals surface area contributed by atoms with Gasteiger partial charge in [0.2, 0.25) is 0 Å². The highest BCUT2D eigenvalue weighted by molar-refractivity contribution is 9.11. The summed E-state index contributed by atoms with van der Waals surface area (Å²) in [7, 11) is 0. The van der Waals surface area contributed by atoms with E-state index in [1.54, 1.807) is 0 Å². The van der Waals surface area contributed by atoms with Gasteiger partial charge in [-0.25, -0.2) is 0 Å². The fourth-order valence-electron chi connectivity index (χ4n) is 1.95. The van der Waals surface area contributed by atoms with Crippen LogP contribution in [0, 0.1) is 5.41 Å². The number of hydrogen-bond donors (Lipinski definition) is 2. The third-order valence-corrected chi connectivity index (χ3v) is 4.56. The normalized spacial score (nSPS) is 24.4. The highest BCUT2D eigenvalue weighted by atomic mass is 79.9. The maximum atomic E-state index is 3.55. The van der Waals surface area contributed by atoms with Crippen molar-refractivity contribution < 1.29 is 0 Å². The molecule has 0 radical (unpaired) electrons. The lowest BCUT2D eigenvalue weighted by atomic mass is 9.90. The molecule has 1 saturated heterocycles. The van der Waals surface area contributed by atoms with Gasteiger partial charge in [-0.3, -0.25) is 0 Å². The highest BCUT2D eigenvalue weighted by Crippen LogP contribution is 2.24. The number of hydrogen-bond acceptors (Lipinski definition) is 3. The van der Waals surface area contributed by atoms with E-state index in [1.807, 2.05) is 11.3 Å². The molecule has 1 aromatic rings.